The van der Waals surface area contributed by atoms with Crippen LogP contribution in [0.25, 0.3) is 0 Å². The largest absolute Gasteiger partial charge is 0.293 e. The molecule has 23 heavy (non-hydrogen) atoms. The van der Waals surface area contributed by atoms with E-state index in [0.29, 0.717) is 5.56 Å². The van der Waals surface area contributed by atoms with Crippen molar-refractivity contribution < 1.29 is 9.00 Å². The van der Waals surface area contributed by atoms with Gasteiger partial charge in [-0.05, 0) is 25.1 Å². The molecule has 4 heteroatoms. The van der Waals surface area contributed by atoms with Crippen LogP contribution in [0.1, 0.15) is 15.9 Å². The van der Waals surface area contributed by atoms with Crippen LogP contribution < -0.4 is 0 Å². The number of hydrogen-bond donors (Lipinski definition) is 0. The van der Waals surface area contributed by atoms with E-state index < -0.39 is 24.1 Å². The summed E-state index contributed by atoms with van der Waals surface area (Å²) < 4.78 is 13.1. The second-order valence-corrected chi connectivity index (χ2v) is 14.3. The molecule has 0 saturated heterocycles. The van der Waals surface area contributed by atoms with Crippen molar-refractivity contribution >= 4 is 24.7 Å². The van der Waals surface area contributed by atoms with Gasteiger partial charge >= 0.3 is 0 Å². The monoisotopic (exact) mass is 344 g/mol. The van der Waals surface area contributed by atoms with Gasteiger partial charge in [-0.25, -0.2) is 0 Å². The highest BCUT2D eigenvalue weighted by molar-refractivity contribution is 7.86. The third-order valence-electron chi connectivity index (χ3n) is 3.66. The van der Waals surface area contributed by atoms with Crippen LogP contribution in [0, 0.1) is 6.92 Å². The number of ketones is 1. The molecular weight excluding hydrogens is 320 g/mol. The fourth-order valence-corrected chi connectivity index (χ4v) is 6.91. The van der Waals surface area contributed by atoms with Crippen molar-refractivity contribution in [3.63, 3.8) is 0 Å². The topological polar surface area (TPSA) is 34.1 Å². The van der Waals surface area contributed by atoms with Gasteiger partial charge in [-0.3, -0.25) is 9.00 Å². The molecular formula is C19H24O2SSi. The summed E-state index contributed by atoms with van der Waals surface area (Å²) in [4.78, 5) is 13.7. The number of aryl methyl sites for hydroxylation is 1. The Kier molecular flexibility index (Phi) is 5.71. The molecule has 0 fully saturated rings. The summed E-state index contributed by atoms with van der Waals surface area (Å²) in [5.74, 6) is -0.00747. The molecule has 0 aliphatic heterocycles. The number of hydrogen-bond acceptors (Lipinski definition) is 2. The van der Waals surface area contributed by atoms with Gasteiger partial charge in [-0.1, -0.05) is 67.7 Å². The molecule has 2 unspecified atom stereocenters. The molecule has 0 amide bonds. The van der Waals surface area contributed by atoms with Crippen molar-refractivity contribution in [1.82, 2.24) is 0 Å². The van der Waals surface area contributed by atoms with Crippen LogP contribution >= 0.6 is 0 Å². The van der Waals surface area contributed by atoms with E-state index >= 15 is 0 Å². The number of benzene rings is 2. The minimum atomic E-state index is -1.54. The van der Waals surface area contributed by atoms with Gasteiger partial charge in [0.25, 0.3) is 0 Å². The zero-order chi connectivity index (χ0) is 17.0. The molecule has 0 N–H and O–H groups in total. The Morgan fingerprint density at radius 2 is 1.57 bits per heavy atom. The number of carbonyl (C=O) groups excluding carboxylic acids is 1. The Morgan fingerprint density at radius 3 is 2.09 bits per heavy atom. The highest BCUT2D eigenvalue weighted by Gasteiger charge is 2.32. The first-order valence-corrected chi connectivity index (χ1v) is 12.8. The fourth-order valence-electron chi connectivity index (χ4n) is 2.45. The van der Waals surface area contributed by atoms with Gasteiger partial charge in [0.15, 0.2) is 5.78 Å². The van der Waals surface area contributed by atoms with Crippen molar-refractivity contribution in [2.24, 2.45) is 0 Å². The summed E-state index contributed by atoms with van der Waals surface area (Å²) in [6.45, 7) is 8.64. The summed E-state index contributed by atoms with van der Waals surface area (Å²) in [5, 5.41) is -0.466. The Morgan fingerprint density at radius 1 is 1.00 bits per heavy atom. The molecule has 0 aliphatic rings. The van der Waals surface area contributed by atoms with Crippen LogP contribution in [-0.4, -0.2) is 23.3 Å². The predicted molar refractivity (Wildman–Crippen MR) is 100 cm³/mol. The second-order valence-electron chi connectivity index (χ2n) is 7.09. The Labute approximate surface area is 142 Å². The number of Topliss-reactive ketones (excluding diaryl/α,β-unsaturated/α-hetero) is 1. The molecule has 0 aliphatic carbocycles. The highest BCUT2D eigenvalue weighted by Crippen LogP contribution is 2.24. The smallest absolute Gasteiger partial charge is 0.178 e. The van der Waals surface area contributed by atoms with Crippen LogP contribution in [0.3, 0.4) is 0 Å². The zero-order valence-corrected chi connectivity index (χ0v) is 16.0. The zero-order valence-electron chi connectivity index (χ0n) is 14.2. The summed E-state index contributed by atoms with van der Waals surface area (Å²) in [5.41, 5.74) is 1.78. The van der Waals surface area contributed by atoms with Gasteiger partial charge in [0.05, 0.1) is 10.8 Å². The first-order chi connectivity index (χ1) is 10.8. The van der Waals surface area contributed by atoms with Crippen molar-refractivity contribution in [1.29, 1.82) is 0 Å². The SMILES string of the molecule is Cc1ccc(S(=O)C(C[Si](C)(C)C)C(=O)c2ccccc2)cc1. The lowest BCUT2D eigenvalue weighted by molar-refractivity contribution is 0.0992. The molecule has 2 aromatic carbocycles. The van der Waals surface area contributed by atoms with E-state index in [4.69, 9.17) is 0 Å². The quantitative estimate of drug-likeness (QED) is 0.562. The minimum absolute atomic E-state index is 0.00747. The summed E-state index contributed by atoms with van der Waals surface area (Å²) >= 11 is 0. The number of rotatable bonds is 6. The van der Waals surface area contributed by atoms with E-state index in [9.17, 15) is 9.00 Å². The maximum atomic E-state index is 13.1. The molecule has 2 nitrogen and oxygen atoms in total. The van der Waals surface area contributed by atoms with Gasteiger partial charge in [-0.2, -0.15) is 0 Å². The highest BCUT2D eigenvalue weighted by atomic mass is 32.2. The fraction of sp³-hybridized carbons (Fsp3) is 0.316. The van der Waals surface area contributed by atoms with E-state index in [1.54, 1.807) is 0 Å². The van der Waals surface area contributed by atoms with E-state index in [2.05, 4.69) is 19.6 Å². The standard InChI is InChI=1S/C19H24O2SSi/c1-15-10-12-17(13-11-15)22(21)18(14-23(2,3)4)19(20)16-8-6-5-7-9-16/h5-13,18H,14H2,1-4H3. The summed E-state index contributed by atoms with van der Waals surface area (Å²) in [6.07, 6.45) is 0. The molecule has 2 rings (SSSR count). The lowest BCUT2D eigenvalue weighted by Gasteiger charge is -2.23. The molecule has 0 spiro atoms. The van der Waals surface area contributed by atoms with Crippen molar-refractivity contribution in [3.05, 3.63) is 65.7 Å². The summed E-state index contributed by atoms with van der Waals surface area (Å²) in [6, 6.07) is 17.6. The summed E-state index contributed by atoms with van der Waals surface area (Å²) in [7, 11) is -2.86. The van der Waals surface area contributed by atoms with Gasteiger partial charge in [0.2, 0.25) is 0 Å². The lowest BCUT2D eigenvalue weighted by Crippen LogP contribution is -2.35. The predicted octanol–water partition coefficient (Wildman–Crippen LogP) is 4.69. The first kappa shape index (κ1) is 17.8. The molecule has 0 bridgehead atoms. The van der Waals surface area contributed by atoms with Gasteiger partial charge < -0.3 is 0 Å². The van der Waals surface area contributed by atoms with Gasteiger partial charge in [0, 0.05) is 18.5 Å². The maximum Gasteiger partial charge on any atom is 0.178 e. The number of carbonyl (C=O) groups is 1. The Balaban J connectivity index is 2.36. The molecule has 0 saturated carbocycles. The van der Waals surface area contributed by atoms with Crippen LogP contribution in [0.4, 0.5) is 0 Å². The second kappa shape index (κ2) is 7.36. The van der Waals surface area contributed by atoms with Crippen LogP contribution in [0.5, 0.6) is 0 Å². The molecule has 0 radical (unpaired) electrons. The Bertz CT molecular complexity index is 688. The first-order valence-electron chi connectivity index (χ1n) is 7.84. The van der Waals surface area contributed by atoms with Crippen LogP contribution in [0.2, 0.25) is 25.7 Å². The minimum Gasteiger partial charge on any atom is -0.293 e. The average Bonchev–Trinajstić information content (AvgIpc) is 2.52. The van der Waals surface area contributed by atoms with Gasteiger partial charge in [-0.15, -0.1) is 0 Å². The molecule has 122 valence electrons. The van der Waals surface area contributed by atoms with E-state index in [-0.39, 0.29) is 5.78 Å². The van der Waals surface area contributed by atoms with Crippen molar-refractivity contribution in [2.75, 3.05) is 0 Å². The normalized spacial score (nSPS) is 14.3. The Hall–Kier alpha value is -1.52. The van der Waals surface area contributed by atoms with Gasteiger partial charge in [0.1, 0.15) is 5.25 Å². The van der Waals surface area contributed by atoms with E-state index in [1.807, 2.05) is 61.5 Å². The van der Waals surface area contributed by atoms with Crippen molar-refractivity contribution in [3.8, 4) is 0 Å². The van der Waals surface area contributed by atoms with Crippen molar-refractivity contribution in [2.45, 2.75) is 42.8 Å². The van der Waals surface area contributed by atoms with Crippen LogP contribution in [0.15, 0.2) is 59.5 Å². The molecule has 0 heterocycles. The van der Waals surface area contributed by atoms with Crippen LogP contribution in [-0.2, 0) is 10.8 Å². The molecule has 2 atom stereocenters. The van der Waals surface area contributed by atoms with E-state index in [1.165, 1.54) is 0 Å². The molecule has 0 aromatic heterocycles. The average molecular weight is 345 g/mol. The lowest BCUT2D eigenvalue weighted by atomic mass is 10.1. The third-order valence-corrected chi connectivity index (χ3v) is 7.22. The third kappa shape index (κ3) is 4.98. The maximum absolute atomic E-state index is 13.1. The molecule has 2 aromatic rings. The van der Waals surface area contributed by atoms with E-state index in [0.717, 1.165) is 16.5 Å².